The molecule has 0 aliphatic heterocycles. The minimum Gasteiger partial charge on any atom is -0.465 e. The van der Waals surface area contributed by atoms with Crippen LogP contribution in [0.5, 0.6) is 0 Å². The second-order valence-corrected chi connectivity index (χ2v) is 4.87. The number of carbonyl (C=O) groups excluding carboxylic acids is 1. The molecule has 5 heteroatoms. The summed E-state index contributed by atoms with van der Waals surface area (Å²) < 4.78 is 4.69. The minimum absolute atomic E-state index is 0.208. The van der Waals surface area contributed by atoms with Gasteiger partial charge >= 0.3 is 5.97 Å². The van der Waals surface area contributed by atoms with E-state index in [1.807, 2.05) is 0 Å². The third-order valence-electron chi connectivity index (χ3n) is 3.30. The first-order chi connectivity index (χ1) is 9.62. The summed E-state index contributed by atoms with van der Waals surface area (Å²) in [6.45, 7) is 4.91. The fourth-order valence-electron chi connectivity index (χ4n) is 2.17. The molecule has 0 saturated heterocycles. The highest BCUT2D eigenvalue weighted by Gasteiger charge is 2.11. The van der Waals surface area contributed by atoms with Crippen LogP contribution < -0.4 is 5.32 Å². The fraction of sp³-hybridized carbons (Fsp3) is 0.600. The molecule has 1 aromatic rings. The van der Waals surface area contributed by atoms with E-state index in [0.29, 0.717) is 17.2 Å². The van der Waals surface area contributed by atoms with Gasteiger partial charge in [-0.15, -0.1) is 0 Å². The summed E-state index contributed by atoms with van der Waals surface area (Å²) >= 11 is 0. The van der Waals surface area contributed by atoms with Gasteiger partial charge in [-0.3, -0.25) is 0 Å². The maximum Gasteiger partial charge on any atom is 0.339 e. The molecule has 0 aliphatic rings. The largest absolute Gasteiger partial charge is 0.465 e. The van der Waals surface area contributed by atoms with Crippen molar-refractivity contribution in [1.29, 1.82) is 0 Å². The quantitative estimate of drug-likeness (QED) is 0.715. The SMILES string of the molecule is CCCC(CCO)CNc1ccc(C(=O)OC)c(C)n1. The molecule has 2 N–H and O–H groups in total. The maximum atomic E-state index is 11.5. The van der Waals surface area contributed by atoms with Crippen LogP contribution in [-0.2, 0) is 4.74 Å². The normalized spacial score (nSPS) is 12.0. The Labute approximate surface area is 120 Å². The van der Waals surface area contributed by atoms with Crippen LogP contribution in [0.1, 0.15) is 42.2 Å². The lowest BCUT2D eigenvalue weighted by Crippen LogP contribution is -2.17. The van der Waals surface area contributed by atoms with E-state index in [1.54, 1.807) is 19.1 Å². The molecule has 1 atom stereocenters. The lowest BCUT2D eigenvalue weighted by Gasteiger charge is -2.16. The zero-order valence-electron chi connectivity index (χ0n) is 12.5. The number of pyridine rings is 1. The van der Waals surface area contributed by atoms with Gasteiger partial charge in [0.1, 0.15) is 5.82 Å². The Bertz CT molecular complexity index is 429. The van der Waals surface area contributed by atoms with E-state index in [9.17, 15) is 4.79 Å². The summed E-state index contributed by atoms with van der Waals surface area (Å²) in [7, 11) is 1.36. The Morgan fingerprint density at radius 2 is 2.20 bits per heavy atom. The molecule has 0 fully saturated rings. The number of esters is 1. The fourth-order valence-corrected chi connectivity index (χ4v) is 2.17. The molecule has 1 aromatic heterocycles. The number of carbonyl (C=O) groups is 1. The van der Waals surface area contributed by atoms with Crippen molar-refractivity contribution in [2.45, 2.75) is 33.1 Å². The summed E-state index contributed by atoms with van der Waals surface area (Å²) in [5, 5.41) is 12.3. The highest BCUT2D eigenvalue weighted by Crippen LogP contribution is 2.15. The lowest BCUT2D eigenvalue weighted by molar-refractivity contribution is 0.0599. The molecule has 0 aromatic carbocycles. The number of nitrogens with one attached hydrogen (secondary N) is 1. The zero-order valence-corrected chi connectivity index (χ0v) is 12.5. The first-order valence-corrected chi connectivity index (χ1v) is 7.03. The van der Waals surface area contributed by atoms with Crippen LogP contribution in [0.4, 0.5) is 5.82 Å². The van der Waals surface area contributed by atoms with Crippen molar-refractivity contribution in [2.24, 2.45) is 5.92 Å². The molecule has 1 rings (SSSR count). The second-order valence-electron chi connectivity index (χ2n) is 4.87. The first-order valence-electron chi connectivity index (χ1n) is 7.03. The monoisotopic (exact) mass is 280 g/mol. The standard InChI is InChI=1S/C15H24N2O3/c1-4-5-12(8-9-18)10-16-14-7-6-13(11(2)17-14)15(19)20-3/h6-7,12,18H,4-5,8-10H2,1-3H3,(H,16,17). The smallest absolute Gasteiger partial charge is 0.339 e. The Kier molecular flexibility index (Phi) is 7.01. The molecule has 0 spiro atoms. The predicted molar refractivity (Wildman–Crippen MR) is 78.9 cm³/mol. The van der Waals surface area contributed by atoms with Crippen molar-refractivity contribution in [3.8, 4) is 0 Å². The van der Waals surface area contributed by atoms with Crippen LogP contribution in [-0.4, -0.2) is 36.3 Å². The van der Waals surface area contributed by atoms with Crippen LogP contribution in [0.3, 0.4) is 0 Å². The number of aliphatic hydroxyl groups is 1. The molecule has 0 aliphatic carbocycles. The molecular weight excluding hydrogens is 256 g/mol. The van der Waals surface area contributed by atoms with Crippen molar-refractivity contribution >= 4 is 11.8 Å². The van der Waals surface area contributed by atoms with Crippen LogP contribution in [0.25, 0.3) is 0 Å². The van der Waals surface area contributed by atoms with E-state index >= 15 is 0 Å². The van der Waals surface area contributed by atoms with Gasteiger partial charge in [-0.05, 0) is 37.8 Å². The van der Waals surface area contributed by atoms with Crippen molar-refractivity contribution in [1.82, 2.24) is 4.98 Å². The Balaban J connectivity index is 2.64. The van der Waals surface area contributed by atoms with Crippen LogP contribution in [0.2, 0.25) is 0 Å². The molecule has 0 radical (unpaired) electrons. The van der Waals surface area contributed by atoms with Gasteiger partial charge in [0.25, 0.3) is 0 Å². The van der Waals surface area contributed by atoms with Gasteiger partial charge in [0.05, 0.1) is 18.4 Å². The lowest BCUT2D eigenvalue weighted by atomic mass is 10.0. The van der Waals surface area contributed by atoms with E-state index in [-0.39, 0.29) is 12.6 Å². The van der Waals surface area contributed by atoms with Crippen LogP contribution >= 0.6 is 0 Å². The molecule has 1 unspecified atom stereocenters. The van der Waals surface area contributed by atoms with Crippen molar-refractivity contribution in [2.75, 3.05) is 25.6 Å². The van der Waals surface area contributed by atoms with Gasteiger partial charge in [0.15, 0.2) is 0 Å². The zero-order chi connectivity index (χ0) is 15.0. The van der Waals surface area contributed by atoms with Crippen LogP contribution in [0.15, 0.2) is 12.1 Å². The topological polar surface area (TPSA) is 71.5 Å². The third-order valence-corrected chi connectivity index (χ3v) is 3.30. The number of aryl methyl sites for hydroxylation is 1. The van der Waals surface area contributed by atoms with Gasteiger partial charge < -0.3 is 15.2 Å². The van der Waals surface area contributed by atoms with E-state index < -0.39 is 0 Å². The van der Waals surface area contributed by atoms with Crippen molar-refractivity contribution in [3.63, 3.8) is 0 Å². The second kappa shape index (κ2) is 8.53. The highest BCUT2D eigenvalue weighted by molar-refractivity contribution is 5.90. The summed E-state index contributed by atoms with van der Waals surface area (Å²) in [6.07, 6.45) is 2.97. The number of hydrogen-bond acceptors (Lipinski definition) is 5. The number of anilines is 1. The molecule has 1 heterocycles. The van der Waals surface area contributed by atoms with E-state index in [1.165, 1.54) is 7.11 Å². The number of methoxy groups -OCH3 is 1. The minimum atomic E-state index is -0.370. The third kappa shape index (κ3) is 4.81. The highest BCUT2D eigenvalue weighted by atomic mass is 16.5. The van der Waals surface area contributed by atoms with Gasteiger partial charge in [0.2, 0.25) is 0 Å². The van der Waals surface area contributed by atoms with E-state index in [0.717, 1.165) is 31.6 Å². The van der Waals surface area contributed by atoms with Gasteiger partial charge in [-0.1, -0.05) is 13.3 Å². The molecule has 5 nitrogen and oxygen atoms in total. The summed E-state index contributed by atoms with van der Waals surface area (Å²) in [6, 6.07) is 3.50. The Morgan fingerprint density at radius 1 is 1.45 bits per heavy atom. The number of rotatable bonds is 8. The number of ether oxygens (including phenoxy) is 1. The average molecular weight is 280 g/mol. The molecule has 0 bridgehead atoms. The van der Waals surface area contributed by atoms with Crippen molar-refractivity contribution < 1.29 is 14.6 Å². The van der Waals surface area contributed by atoms with Crippen molar-refractivity contribution in [3.05, 3.63) is 23.4 Å². The maximum absolute atomic E-state index is 11.5. The predicted octanol–water partition coefficient (Wildman–Crippen LogP) is 2.39. The molecular formula is C15H24N2O3. The first kappa shape index (κ1) is 16.4. The Morgan fingerprint density at radius 3 is 2.75 bits per heavy atom. The molecule has 0 amide bonds. The number of aliphatic hydroxyl groups excluding tert-OH is 1. The summed E-state index contributed by atoms with van der Waals surface area (Å²) in [5.74, 6) is 0.812. The average Bonchev–Trinajstić information content (AvgIpc) is 2.44. The van der Waals surface area contributed by atoms with Gasteiger partial charge in [-0.2, -0.15) is 0 Å². The summed E-state index contributed by atoms with van der Waals surface area (Å²) in [5.41, 5.74) is 1.13. The van der Waals surface area contributed by atoms with Gasteiger partial charge in [0, 0.05) is 13.2 Å². The molecule has 0 saturated carbocycles. The van der Waals surface area contributed by atoms with Crippen LogP contribution in [0, 0.1) is 12.8 Å². The number of hydrogen-bond donors (Lipinski definition) is 2. The number of aromatic nitrogens is 1. The Hall–Kier alpha value is -1.62. The number of nitrogens with zero attached hydrogens (tertiary/aromatic N) is 1. The summed E-state index contributed by atoms with van der Waals surface area (Å²) in [4.78, 5) is 15.8. The van der Waals surface area contributed by atoms with Gasteiger partial charge in [-0.25, -0.2) is 9.78 Å². The molecule has 112 valence electrons. The molecule has 20 heavy (non-hydrogen) atoms. The van der Waals surface area contributed by atoms with E-state index in [4.69, 9.17) is 9.84 Å². The van der Waals surface area contributed by atoms with E-state index in [2.05, 4.69) is 17.2 Å².